The van der Waals surface area contributed by atoms with E-state index in [1.54, 1.807) is 0 Å². The summed E-state index contributed by atoms with van der Waals surface area (Å²) < 4.78 is 5.03. The Labute approximate surface area is 130 Å². The highest BCUT2D eigenvalue weighted by molar-refractivity contribution is 5.87. The van der Waals surface area contributed by atoms with Crippen molar-refractivity contribution in [1.82, 2.24) is 10.6 Å². The van der Waals surface area contributed by atoms with Gasteiger partial charge in [-0.15, -0.1) is 0 Å². The molecule has 22 heavy (non-hydrogen) atoms. The van der Waals surface area contributed by atoms with Gasteiger partial charge in [0.05, 0.1) is 6.04 Å². The van der Waals surface area contributed by atoms with Gasteiger partial charge in [-0.2, -0.15) is 0 Å². The summed E-state index contributed by atoms with van der Waals surface area (Å²) >= 11 is 0. The molecule has 6 heteroatoms. The van der Waals surface area contributed by atoms with Crippen molar-refractivity contribution in [1.29, 1.82) is 0 Å². The zero-order chi connectivity index (χ0) is 16.5. The summed E-state index contributed by atoms with van der Waals surface area (Å²) in [4.78, 5) is 34.4. The van der Waals surface area contributed by atoms with Crippen LogP contribution in [-0.2, 0) is 20.9 Å². The Kier molecular flexibility index (Phi) is 7.08. The minimum atomic E-state index is -0.788. The van der Waals surface area contributed by atoms with Crippen molar-refractivity contribution >= 4 is 18.3 Å². The van der Waals surface area contributed by atoms with Gasteiger partial charge in [-0.25, -0.2) is 4.79 Å². The number of alkyl carbamates (subject to hydrolysis) is 1. The molecule has 0 fully saturated rings. The molecular weight excluding hydrogens is 284 g/mol. The third kappa shape index (κ3) is 5.95. The van der Waals surface area contributed by atoms with Gasteiger partial charge in [-0.05, 0) is 18.4 Å². The highest BCUT2D eigenvalue weighted by Gasteiger charge is 2.21. The zero-order valence-corrected chi connectivity index (χ0v) is 13.0. The van der Waals surface area contributed by atoms with Crippen LogP contribution in [-0.4, -0.2) is 30.4 Å². The second-order valence-electron chi connectivity index (χ2n) is 5.34. The Balaban J connectivity index is 2.39. The third-order valence-corrected chi connectivity index (χ3v) is 3.11. The van der Waals surface area contributed by atoms with E-state index in [1.165, 1.54) is 6.92 Å². The molecule has 0 aliphatic rings. The van der Waals surface area contributed by atoms with Crippen molar-refractivity contribution in [2.24, 2.45) is 5.92 Å². The molecular formula is C16H22N2O4. The average Bonchev–Trinajstić information content (AvgIpc) is 2.50. The molecule has 2 N–H and O–H groups in total. The molecule has 0 radical (unpaired) electrons. The fraction of sp³-hybridized carbons (Fsp3) is 0.438. The molecule has 2 atom stereocenters. The van der Waals surface area contributed by atoms with Crippen molar-refractivity contribution in [3.05, 3.63) is 35.9 Å². The van der Waals surface area contributed by atoms with Gasteiger partial charge in [0.15, 0.2) is 0 Å². The maximum absolute atomic E-state index is 11.9. The fourth-order valence-electron chi connectivity index (χ4n) is 1.65. The smallest absolute Gasteiger partial charge is 0.408 e. The van der Waals surface area contributed by atoms with Gasteiger partial charge in [-0.3, -0.25) is 4.79 Å². The Hall–Kier alpha value is -2.37. The lowest BCUT2D eigenvalue weighted by atomic mass is 10.1. The quantitative estimate of drug-likeness (QED) is 0.750. The fourth-order valence-corrected chi connectivity index (χ4v) is 1.65. The summed E-state index contributed by atoms with van der Waals surface area (Å²) in [6.45, 7) is 5.31. The van der Waals surface area contributed by atoms with E-state index in [2.05, 4.69) is 10.6 Å². The first-order valence-electron chi connectivity index (χ1n) is 7.17. The Morgan fingerprint density at radius 3 is 2.32 bits per heavy atom. The van der Waals surface area contributed by atoms with Gasteiger partial charge >= 0.3 is 6.09 Å². The first-order chi connectivity index (χ1) is 10.4. The third-order valence-electron chi connectivity index (χ3n) is 3.11. The van der Waals surface area contributed by atoms with Gasteiger partial charge in [0, 0.05) is 0 Å². The molecule has 0 saturated carbocycles. The van der Waals surface area contributed by atoms with Crippen LogP contribution in [0.5, 0.6) is 0 Å². The molecule has 2 amide bonds. The number of amides is 2. The molecule has 1 rings (SSSR count). The number of hydrogen-bond donors (Lipinski definition) is 2. The Morgan fingerprint density at radius 1 is 1.14 bits per heavy atom. The predicted octanol–water partition coefficient (Wildman–Crippen LogP) is 1.64. The standard InChI is InChI=1S/C16H22N2O4/c1-11(2)14(9-19)18-15(20)12(3)17-16(21)22-10-13-7-5-4-6-8-13/h4-9,11-12,14H,10H2,1-3H3,(H,17,21)(H,18,20)/t12-,14+/m0/s1. The van der Waals surface area contributed by atoms with Crippen molar-refractivity contribution in [3.8, 4) is 0 Å². The molecule has 0 aliphatic heterocycles. The van der Waals surface area contributed by atoms with Crippen LogP contribution in [0.1, 0.15) is 26.3 Å². The average molecular weight is 306 g/mol. The summed E-state index contributed by atoms with van der Waals surface area (Å²) in [7, 11) is 0. The van der Waals surface area contributed by atoms with Gasteiger partial charge in [0.25, 0.3) is 0 Å². The number of carbonyl (C=O) groups is 3. The van der Waals surface area contributed by atoms with E-state index in [4.69, 9.17) is 4.74 Å². The minimum Gasteiger partial charge on any atom is -0.445 e. The maximum Gasteiger partial charge on any atom is 0.408 e. The molecule has 0 aromatic heterocycles. The predicted molar refractivity (Wildman–Crippen MR) is 82.1 cm³/mol. The molecule has 1 aromatic rings. The number of aldehydes is 1. The lowest BCUT2D eigenvalue weighted by Gasteiger charge is -2.19. The van der Waals surface area contributed by atoms with Crippen molar-refractivity contribution in [2.45, 2.75) is 39.5 Å². The monoisotopic (exact) mass is 306 g/mol. The van der Waals surface area contributed by atoms with Gasteiger partial charge in [0.2, 0.25) is 5.91 Å². The molecule has 0 bridgehead atoms. The van der Waals surface area contributed by atoms with Crippen LogP contribution in [0.25, 0.3) is 0 Å². The number of ether oxygens (including phenoxy) is 1. The van der Waals surface area contributed by atoms with E-state index in [1.807, 2.05) is 44.2 Å². The minimum absolute atomic E-state index is 0.0151. The second kappa shape index (κ2) is 8.81. The highest BCUT2D eigenvalue weighted by Crippen LogP contribution is 2.01. The summed E-state index contributed by atoms with van der Waals surface area (Å²) in [5.74, 6) is -0.443. The van der Waals surface area contributed by atoms with Gasteiger partial charge < -0.3 is 20.2 Å². The summed E-state index contributed by atoms with van der Waals surface area (Å²) in [5, 5.41) is 5.00. The van der Waals surface area contributed by atoms with Crippen LogP contribution in [0.3, 0.4) is 0 Å². The number of carbonyl (C=O) groups excluding carboxylic acids is 3. The van der Waals surface area contributed by atoms with Gasteiger partial charge in [0.1, 0.15) is 18.9 Å². The van der Waals surface area contributed by atoms with Crippen molar-refractivity contribution in [2.75, 3.05) is 0 Å². The van der Waals surface area contributed by atoms with Crippen molar-refractivity contribution in [3.63, 3.8) is 0 Å². The summed E-state index contributed by atoms with van der Waals surface area (Å²) in [5.41, 5.74) is 0.857. The van der Waals surface area contributed by atoms with E-state index in [0.29, 0.717) is 6.29 Å². The maximum atomic E-state index is 11.9. The van der Waals surface area contributed by atoms with E-state index in [-0.39, 0.29) is 12.5 Å². The van der Waals surface area contributed by atoms with E-state index in [9.17, 15) is 14.4 Å². The molecule has 1 aromatic carbocycles. The first kappa shape index (κ1) is 17.7. The lowest BCUT2D eigenvalue weighted by molar-refractivity contribution is -0.125. The van der Waals surface area contributed by atoms with Gasteiger partial charge in [-0.1, -0.05) is 44.2 Å². The second-order valence-corrected chi connectivity index (χ2v) is 5.34. The van der Waals surface area contributed by atoms with Crippen LogP contribution in [0, 0.1) is 5.92 Å². The van der Waals surface area contributed by atoms with E-state index < -0.39 is 24.1 Å². The Morgan fingerprint density at radius 2 is 1.77 bits per heavy atom. The first-order valence-corrected chi connectivity index (χ1v) is 7.17. The molecule has 0 unspecified atom stereocenters. The molecule has 0 spiro atoms. The topological polar surface area (TPSA) is 84.5 Å². The number of hydrogen-bond acceptors (Lipinski definition) is 4. The summed E-state index contributed by atoms with van der Waals surface area (Å²) in [6, 6.07) is 7.87. The van der Waals surface area contributed by atoms with Crippen LogP contribution < -0.4 is 10.6 Å². The van der Waals surface area contributed by atoms with E-state index >= 15 is 0 Å². The molecule has 0 saturated heterocycles. The van der Waals surface area contributed by atoms with Crippen LogP contribution in [0.15, 0.2) is 30.3 Å². The number of rotatable bonds is 7. The summed E-state index contributed by atoms with van der Waals surface area (Å²) in [6.07, 6.45) is 0.00179. The number of nitrogens with one attached hydrogen (secondary N) is 2. The van der Waals surface area contributed by atoms with Crippen LogP contribution >= 0.6 is 0 Å². The SMILES string of the molecule is CC(C)[C@@H](C=O)NC(=O)[C@H](C)NC(=O)OCc1ccccc1. The number of benzene rings is 1. The Bertz CT molecular complexity index is 502. The molecule has 6 nitrogen and oxygen atoms in total. The molecule has 0 heterocycles. The largest absolute Gasteiger partial charge is 0.445 e. The molecule has 0 aliphatic carbocycles. The normalized spacial score (nSPS) is 13.1. The lowest BCUT2D eigenvalue weighted by Crippen LogP contribution is -2.50. The zero-order valence-electron chi connectivity index (χ0n) is 13.0. The van der Waals surface area contributed by atoms with Crippen LogP contribution in [0.2, 0.25) is 0 Å². The van der Waals surface area contributed by atoms with Crippen molar-refractivity contribution < 1.29 is 19.1 Å². The van der Waals surface area contributed by atoms with E-state index in [0.717, 1.165) is 5.56 Å². The van der Waals surface area contributed by atoms with Crippen LogP contribution in [0.4, 0.5) is 4.79 Å². The molecule has 120 valence electrons. The highest BCUT2D eigenvalue weighted by atomic mass is 16.5.